The van der Waals surface area contributed by atoms with Crippen molar-refractivity contribution in [3.05, 3.63) is 0 Å². The van der Waals surface area contributed by atoms with E-state index >= 15 is 0 Å². The first-order valence-electron chi connectivity index (χ1n) is 4.61. The minimum Gasteiger partial charge on any atom is -0.389 e. The van der Waals surface area contributed by atoms with Crippen LogP contribution >= 0.6 is 0 Å². The second-order valence-corrected chi connectivity index (χ2v) is 3.87. The smallest absolute Gasteiger partial charge is 0.224 e. The van der Waals surface area contributed by atoms with Gasteiger partial charge in [0.05, 0.1) is 5.60 Å². The van der Waals surface area contributed by atoms with E-state index in [1.54, 1.807) is 13.8 Å². The minimum absolute atomic E-state index is 0.0767. The summed E-state index contributed by atoms with van der Waals surface area (Å²) < 4.78 is 0. The average molecular weight is 188 g/mol. The van der Waals surface area contributed by atoms with Crippen LogP contribution in [-0.2, 0) is 4.79 Å². The van der Waals surface area contributed by atoms with E-state index in [0.29, 0.717) is 6.54 Å². The maximum absolute atomic E-state index is 11.3. The zero-order valence-corrected chi connectivity index (χ0v) is 8.63. The molecule has 4 nitrogen and oxygen atoms in total. The number of hydrogen-bond donors (Lipinski definition) is 3. The summed E-state index contributed by atoms with van der Waals surface area (Å²) in [4.78, 5) is 11.3. The standard InChI is InChI=1S/C9H20N2O2/c1-4-7(5-10)8(12)11-6-9(2,3)13/h7,13H,4-6,10H2,1-3H3,(H,11,12). The Kier molecular flexibility index (Phi) is 4.95. The first-order chi connectivity index (χ1) is 5.90. The maximum atomic E-state index is 11.3. The highest BCUT2D eigenvalue weighted by molar-refractivity contribution is 5.78. The van der Waals surface area contributed by atoms with Gasteiger partial charge in [-0.3, -0.25) is 4.79 Å². The Morgan fingerprint density at radius 3 is 2.46 bits per heavy atom. The van der Waals surface area contributed by atoms with Crippen LogP contribution in [0.5, 0.6) is 0 Å². The van der Waals surface area contributed by atoms with Crippen LogP contribution in [0, 0.1) is 5.92 Å². The van der Waals surface area contributed by atoms with Gasteiger partial charge in [0.25, 0.3) is 0 Å². The summed E-state index contributed by atoms with van der Waals surface area (Å²) in [6.45, 7) is 5.84. The van der Waals surface area contributed by atoms with Gasteiger partial charge in [-0.2, -0.15) is 0 Å². The lowest BCUT2D eigenvalue weighted by molar-refractivity contribution is -0.125. The molecule has 0 aromatic heterocycles. The van der Waals surface area contributed by atoms with Crippen molar-refractivity contribution in [1.29, 1.82) is 0 Å². The van der Waals surface area contributed by atoms with Crippen molar-refractivity contribution in [3.63, 3.8) is 0 Å². The Morgan fingerprint density at radius 2 is 2.15 bits per heavy atom. The van der Waals surface area contributed by atoms with Gasteiger partial charge in [0.15, 0.2) is 0 Å². The molecule has 0 radical (unpaired) electrons. The molecule has 4 heteroatoms. The number of rotatable bonds is 5. The molecule has 4 N–H and O–H groups in total. The predicted molar refractivity (Wildman–Crippen MR) is 52.1 cm³/mol. The van der Waals surface area contributed by atoms with Crippen molar-refractivity contribution in [2.24, 2.45) is 11.7 Å². The molecule has 1 unspecified atom stereocenters. The van der Waals surface area contributed by atoms with Crippen molar-refractivity contribution in [3.8, 4) is 0 Å². The number of nitrogens with two attached hydrogens (primary N) is 1. The zero-order valence-electron chi connectivity index (χ0n) is 8.63. The summed E-state index contributed by atoms with van der Waals surface area (Å²) in [5.74, 6) is -0.213. The van der Waals surface area contributed by atoms with Crippen LogP contribution in [0.25, 0.3) is 0 Å². The number of carbonyl (C=O) groups excluding carboxylic acids is 1. The Balaban J connectivity index is 3.86. The van der Waals surface area contributed by atoms with E-state index in [2.05, 4.69) is 5.32 Å². The summed E-state index contributed by atoms with van der Waals surface area (Å²) in [6.07, 6.45) is 0.730. The lowest BCUT2D eigenvalue weighted by atomic mass is 10.1. The zero-order chi connectivity index (χ0) is 10.5. The lowest BCUT2D eigenvalue weighted by Crippen LogP contribution is -2.42. The molecule has 0 fully saturated rings. The van der Waals surface area contributed by atoms with Gasteiger partial charge < -0.3 is 16.2 Å². The van der Waals surface area contributed by atoms with Crippen molar-refractivity contribution >= 4 is 5.91 Å². The maximum Gasteiger partial charge on any atom is 0.224 e. The van der Waals surface area contributed by atoms with Gasteiger partial charge in [0.2, 0.25) is 5.91 Å². The third-order valence-electron chi connectivity index (χ3n) is 1.84. The second-order valence-electron chi connectivity index (χ2n) is 3.87. The molecular formula is C9H20N2O2. The quantitative estimate of drug-likeness (QED) is 0.562. The molecule has 78 valence electrons. The highest BCUT2D eigenvalue weighted by atomic mass is 16.3. The summed E-state index contributed by atoms with van der Waals surface area (Å²) in [5, 5.41) is 12.0. The molecule has 0 bridgehead atoms. The van der Waals surface area contributed by atoms with Gasteiger partial charge in [-0.05, 0) is 20.3 Å². The SMILES string of the molecule is CCC(CN)C(=O)NCC(C)(C)O. The monoisotopic (exact) mass is 188 g/mol. The number of nitrogens with one attached hydrogen (secondary N) is 1. The summed E-state index contributed by atoms with van der Waals surface area (Å²) in [7, 11) is 0. The molecule has 1 atom stereocenters. The molecule has 0 spiro atoms. The Morgan fingerprint density at radius 1 is 1.62 bits per heavy atom. The minimum atomic E-state index is -0.859. The van der Waals surface area contributed by atoms with E-state index in [1.807, 2.05) is 6.92 Å². The summed E-state index contributed by atoms with van der Waals surface area (Å²) in [5.41, 5.74) is 4.54. The van der Waals surface area contributed by atoms with Crippen LogP contribution in [0.4, 0.5) is 0 Å². The molecule has 0 aliphatic carbocycles. The van der Waals surface area contributed by atoms with Crippen LogP contribution in [0.1, 0.15) is 27.2 Å². The fourth-order valence-corrected chi connectivity index (χ4v) is 0.907. The highest BCUT2D eigenvalue weighted by Gasteiger charge is 2.18. The van der Waals surface area contributed by atoms with E-state index in [0.717, 1.165) is 6.42 Å². The Hall–Kier alpha value is -0.610. The number of aliphatic hydroxyl groups is 1. The molecule has 0 aromatic carbocycles. The van der Waals surface area contributed by atoms with Gasteiger partial charge in [-0.15, -0.1) is 0 Å². The summed E-state index contributed by atoms with van der Waals surface area (Å²) >= 11 is 0. The molecule has 0 aromatic rings. The first-order valence-corrected chi connectivity index (χ1v) is 4.61. The highest BCUT2D eigenvalue weighted by Crippen LogP contribution is 2.02. The van der Waals surface area contributed by atoms with Gasteiger partial charge >= 0.3 is 0 Å². The van der Waals surface area contributed by atoms with E-state index in [1.165, 1.54) is 0 Å². The fraction of sp³-hybridized carbons (Fsp3) is 0.889. The Bertz CT molecular complexity index is 159. The molecule has 0 rings (SSSR count). The largest absolute Gasteiger partial charge is 0.389 e. The van der Waals surface area contributed by atoms with E-state index in [9.17, 15) is 9.90 Å². The number of amides is 1. The van der Waals surface area contributed by atoms with E-state index in [4.69, 9.17) is 5.73 Å². The van der Waals surface area contributed by atoms with E-state index in [-0.39, 0.29) is 18.4 Å². The van der Waals surface area contributed by atoms with Crippen LogP contribution in [0.3, 0.4) is 0 Å². The van der Waals surface area contributed by atoms with Gasteiger partial charge in [-0.25, -0.2) is 0 Å². The molecule has 0 saturated carbocycles. The Labute approximate surface area is 79.5 Å². The van der Waals surface area contributed by atoms with Crippen molar-refractivity contribution in [1.82, 2.24) is 5.32 Å². The normalized spacial score (nSPS) is 13.9. The fourth-order valence-electron chi connectivity index (χ4n) is 0.907. The van der Waals surface area contributed by atoms with Crippen LogP contribution in [-0.4, -0.2) is 29.7 Å². The van der Waals surface area contributed by atoms with E-state index < -0.39 is 5.60 Å². The van der Waals surface area contributed by atoms with Gasteiger partial charge in [0, 0.05) is 19.0 Å². The lowest BCUT2D eigenvalue weighted by Gasteiger charge is -2.20. The van der Waals surface area contributed by atoms with Crippen molar-refractivity contribution in [2.45, 2.75) is 32.8 Å². The molecule has 0 heterocycles. The van der Waals surface area contributed by atoms with Gasteiger partial charge in [0.1, 0.15) is 0 Å². The van der Waals surface area contributed by atoms with Crippen LogP contribution in [0.2, 0.25) is 0 Å². The first kappa shape index (κ1) is 12.4. The number of hydrogen-bond acceptors (Lipinski definition) is 3. The summed E-state index contributed by atoms with van der Waals surface area (Å²) in [6, 6.07) is 0. The van der Waals surface area contributed by atoms with Crippen molar-refractivity contribution < 1.29 is 9.90 Å². The third kappa shape index (κ3) is 5.60. The molecule has 13 heavy (non-hydrogen) atoms. The molecular weight excluding hydrogens is 168 g/mol. The number of carbonyl (C=O) groups is 1. The van der Waals surface area contributed by atoms with Crippen LogP contribution in [0.15, 0.2) is 0 Å². The van der Waals surface area contributed by atoms with Crippen LogP contribution < -0.4 is 11.1 Å². The average Bonchev–Trinajstić information content (AvgIpc) is 2.02. The topological polar surface area (TPSA) is 75.4 Å². The third-order valence-corrected chi connectivity index (χ3v) is 1.84. The second kappa shape index (κ2) is 5.19. The van der Waals surface area contributed by atoms with Gasteiger partial charge in [-0.1, -0.05) is 6.92 Å². The molecule has 0 aliphatic rings. The molecule has 1 amide bonds. The molecule has 0 aliphatic heterocycles. The predicted octanol–water partition coefficient (Wildman–Crippen LogP) is -0.142. The van der Waals surface area contributed by atoms with Crippen molar-refractivity contribution in [2.75, 3.05) is 13.1 Å². The molecule has 0 saturated heterocycles.